The number of rotatable bonds is 43. The fourth-order valence-electron chi connectivity index (χ4n) is 11.4. The number of unbranched alkanes of at least 4 members (excludes halogenated alkanes) is 23. The number of ether oxygens (including phenoxy) is 8. The van der Waals surface area contributed by atoms with E-state index in [0.29, 0.717) is 12.8 Å². The maximum absolute atomic E-state index is 13.4. The van der Waals surface area contributed by atoms with Gasteiger partial charge in [-0.1, -0.05) is 167 Å². The van der Waals surface area contributed by atoms with Gasteiger partial charge in [-0.2, -0.15) is 0 Å². The lowest BCUT2D eigenvalue weighted by atomic mass is 9.94. The molecule has 0 aliphatic carbocycles. The van der Waals surface area contributed by atoms with Crippen LogP contribution in [0, 0.1) is 0 Å². The number of nitrogens with one attached hydrogen (secondary N) is 2. The molecule has 85 heavy (non-hydrogen) atoms. The van der Waals surface area contributed by atoms with E-state index in [1.807, 2.05) is 6.08 Å². The Morgan fingerprint density at radius 1 is 0.459 bits per heavy atom. The normalized spacial score (nSPS) is 34.4. The minimum Gasteiger partial charge on any atom is -0.394 e. The number of carbonyl (C=O) groups is 2. The number of allylic oxidation sites excluding steroid dienone is 1. The highest BCUT2D eigenvalue weighted by Gasteiger charge is 2.56. The summed E-state index contributed by atoms with van der Waals surface area (Å²) >= 11 is 0. The number of amides is 2. The zero-order valence-corrected chi connectivity index (χ0v) is 50.7. The van der Waals surface area contributed by atoms with Crippen LogP contribution in [0.4, 0.5) is 0 Å². The highest BCUT2D eigenvalue weighted by molar-refractivity contribution is 5.76. The quantitative estimate of drug-likeness (QED) is 0.0299. The van der Waals surface area contributed by atoms with Crippen molar-refractivity contribution in [3.8, 4) is 0 Å². The molecular formula is C60H110N2O23. The van der Waals surface area contributed by atoms with Crippen molar-refractivity contribution in [1.29, 1.82) is 0 Å². The summed E-state index contributed by atoms with van der Waals surface area (Å²) < 4.78 is 46.7. The van der Waals surface area contributed by atoms with Crippen molar-refractivity contribution in [3.63, 3.8) is 0 Å². The molecule has 498 valence electrons. The third-order valence-corrected chi connectivity index (χ3v) is 16.6. The maximum Gasteiger partial charge on any atom is 0.220 e. The van der Waals surface area contributed by atoms with E-state index in [0.717, 1.165) is 51.9 Å². The Hall–Kier alpha value is -2.16. The summed E-state index contributed by atoms with van der Waals surface area (Å²) in [6, 6.07) is -2.62. The van der Waals surface area contributed by atoms with Gasteiger partial charge in [-0.3, -0.25) is 9.59 Å². The van der Waals surface area contributed by atoms with Crippen LogP contribution in [0.5, 0.6) is 0 Å². The van der Waals surface area contributed by atoms with Crippen molar-refractivity contribution in [2.24, 2.45) is 0 Å². The third-order valence-electron chi connectivity index (χ3n) is 16.6. The Bertz CT molecular complexity index is 1790. The van der Waals surface area contributed by atoms with Crippen LogP contribution >= 0.6 is 0 Å². The fraction of sp³-hybridized carbons (Fsp3) is 0.933. The number of hydrogen-bond acceptors (Lipinski definition) is 23. The van der Waals surface area contributed by atoms with E-state index in [1.165, 1.54) is 103 Å². The molecule has 4 heterocycles. The molecule has 0 aromatic rings. The van der Waals surface area contributed by atoms with E-state index in [1.54, 1.807) is 6.08 Å². The number of hydrogen-bond donors (Lipinski definition) is 15. The van der Waals surface area contributed by atoms with Gasteiger partial charge in [-0.15, -0.1) is 0 Å². The van der Waals surface area contributed by atoms with Gasteiger partial charge >= 0.3 is 0 Å². The fourth-order valence-corrected chi connectivity index (χ4v) is 11.4. The van der Waals surface area contributed by atoms with Gasteiger partial charge in [0, 0.05) is 13.3 Å². The summed E-state index contributed by atoms with van der Waals surface area (Å²) in [6.07, 6.45) is -2.71. The van der Waals surface area contributed by atoms with Crippen LogP contribution in [0.1, 0.15) is 188 Å². The summed E-state index contributed by atoms with van der Waals surface area (Å²) in [5, 5.41) is 146. The third kappa shape index (κ3) is 24.9. The minimum absolute atomic E-state index is 0.217. The monoisotopic (exact) mass is 1230 g/mol. The van der Waals surface area contributed by atoms with Crippen LogP contribution in [0.3, 0.4) is 0 Å². The van der Waals surface area contributed by atoms with Crippen molar-refractivity contribution >= 4 is 11.8 Å². The molecule has 0 unspecified atom stereocenters. The van der Waals surface area contributed by atoms with Crippen molar-refractivity contribution < 1.29 is 114 Å². The molecule has 4 aliphatic rings. The highest BCUT2D eigenvalue weighted by atomic mass is 16.8. The second-order valence-corrected chi connectivity index (χ2v) is 23.6. The molecule has 4 saturated heterocycles. The van der Waals surface area contributed by atoms with Crippen LogP contribution in [0.15, 0.2) is 12.2 Å². The van der Waals surface area contributed by atoms with E-state index in [-0.39, 0.29) is 12.3 Å². The molecule has 2 amide bonds. The largest absolute Gasteiger partial charge is 0.394 e. The van der Waals surface area contributed by atoms with Crippen molar-refractivity contribution in [1.82, 2.24) is 10.6 Å². The van der Waals surface area contributed by atoms with E-state index in [2.05, 4.69) is 24.5 Å². The number of aliphatic hydroxyl groups excluding tert-OH is 13. The van der Waals surface area contributed by atoms with Crippen LogP contribution in [-0.2, 0) is 47.5 Å². The van der Waals surface area contributed by atoms with Gasteiger partial charge in [-0.25, -0.2) is 0 Å². The van der Waals surface area contributed by atoms with Gasteiger partial charge < -0.3 is 115 Å². The van der Waals surface area contributed by atoms with E-state index in [4.69, 9.17) is 37.9 Å². The van der Waals surface area contributed by atoms with E-state index in [9.17, 15) is 76.0 Å². The smallest absolute Gasteiger partial charge is 0.220 e. The Morgan fingerprint density at radius 2 is 0.847 bits per heavy atom. The Morgan fingerprint density at radius 3 is 1.33 bits per heavy atom. The SMILES string of the molecule is CCCCCCCCCCCCC/C=C/[C@@H](O)[C@H](CO[C@@H]1O[C@H](CO)[C@@H](O[C@@H]2O[C@H](CO)[C@H](O[C@@H]3O[C@H](CO)[C@H](O)[C@H](O[C@@H]4O[C@H](CO)[C@H](O)[C@H](O)[C@H]4O)[C@H]3NC(C)=O)[C@H](O)[C@H]2O)[C@H](O)[C@H]1O)NC(=O)CCCCCCCCCCCCCCC. The molecule has 25 heteroatoms. The Labute approximate surface area is 502 Å². The van der Waals surface area contributed by atoms with Crippen molar-refractivity contribution in [2.45, 2.75) is 323 Å². The summed E-state index contributed by atoms with van der Waals surface area (Å²) in [5.74, 6) is -1.06. The standard InChI is InChI=1S/C60H110N2O23/c1-4-6-8-10-12-14-16-18-20-22-24-26-28-30-39(68)38(62-44(69)31-29-27-25-23-21-19-17-15-13-11-9-7-5-2)36-78-58-52(76)49(73)55(42(34-65)81-58)84-60-53(77)50(74)54(43(35-66)82-60)83-57-45(61-37(3)67)56(47(71)41(33-64)79-57)85-59-51(75)48(72)46(70)40(32-63)80-59/h28,30,38-43,45-60,63-66,68,70-77H,4-27,29,31-36H2,1-3H3,(H,61,67)(H,62,69)/b30-28+/t38-,39+,40+,41+,42+,43+,45+,46-,47-,48-,49+,50+,51+,52+,53+,54-,55+,56+,57-,58+,59-,60-/m0/s1. The Kier molecular flexibility index (Phi) is 37.2. The lowest BCUT2D eigenvalue weighted by Crippen LogP contribution is -2.70. The van der Waals surface area contributed by atoms with E-state index >= 15 is 0 Å². The number of aliphatic hydroxyl groups is 13. The molecule has 15 N–H and O–H groups in total. The first-order valence-corrected chi connectivity index (χ1v) is 31.9. The highest BCUT2D eigenvalue weighted by Crippen LogP contribution is 2.35. The summed E-state index contributed by atoms with van der Waals surface area (Å²) in [5.41, 5.74) is 0. The molecule has 0 aromatic heterocycles. The average Bonchev–Trinajstić information content (AvgIpc) is 2.09. The molecule has 0 saturated carbocycles. The molecule has 22 atom stereocenters. The second-order valence-electron chi connectivity index (χ2n) is 23.6. The zero-order chi connectivity index (χ0) is 62.3. The summed E-state index contributed by atoms with van der Waals surface area (Å²) in [7, 11) is 0. The van der Waals surface area contributed by atoms with Gasteiger partial charge in [0.15, 0.2) is 25.2 Å². The molecule has 0 bridgehead atoms. The second kappa shape index (κ2) is 42.0. The molecule has 4 aliphatic heterocycles. The maximum atomic E-state index is 13.4. The molecular weight excluding hydrogens is 1120 g/mol. The molecule has 4 fully saturated rings. The minimum atomic E-state index is -2.10. The predicted molar refractivity (Wildman–Crippen MR) is 308 cm³/mol. The number of carbonyl (C=O) groups excluding carboxylic acids is 2. The average molecular weight is 1230 g/mol. The Balaban J connectivity index is 1.37. The van der Waals surface area contributed by atoms with Crippen molar-refractivity contribution in [3.05, 3.63) is 12.2 Å². The lowest BCUT2D eigenvalue weighted by molar-refractivity contribution is -0.380. The van der Waals surface area contributed by atoms with Crippen LogP contribution < -0.4 is 10.6 Å². The van der Waals surface area contributed by atoms with Gasteiger partial charge in [0.05, 0.1) is 45.2 Å². The molecule has 0 aromatic carbocycles. The van der Waals surface area contributed by atoms with Gasteiger partial charge in [0.1, 0.15) is 97.6 Å². The molecule has 25 nitrogen and oxygen atoms in total. The molecule has 0 spiro atoms. The van der Waals surface area contributed by atoms with Gasteiger partial charge in [-0.05, 0) is 19.3 Å². The zero-order valence-electron chi connectivity index (χ0n) is 50.7. The topological polar surface area (TPSA) is 395 Å². The first-order valence-electron chi connectivity index (χ1n) is 31.9. The lowest BCUT2D eigenvalue weighted by Gasteiger charge is -2.50. The van der Waals surface area contributed by atoms with E-state index < -0.39 is 174 Å². The van der Waals surface area contributed by atoms with Gasteiger partial charge in [0.25, 0.3) is 0 Å². The van der Waals surface area contributed by atoms with Crippen LogP contribution in [0.25, 0.3) is 0 Å². The van der Waals surface area contributed by atoms with Crippen LogP contribution in [0.2, 0.25) is 0 Å². The summed E-state index contributed by atoms with van der Waals surface area (Å²) in [4.78, 5) is 25.9. The predicted octanol–water partition coefficient (Wildman–Crippen LogP) is 1.00. The first-order chi connectivity index (χ1) is 41.0. The van der Waals surface area contributed by atoms with Gasteiger partial charge in [0.2, 0.25) is 11.8 Å². The summed E-state index contributed by atoms with van der Waals surface area (Å²) in [6.45, 7) is 1.58. The van der Waals surface area contributed by atoms with Crippen molar-refractivity contribution in [2.75, 3.05) is 33.0 Å². The van der Waals surface area contributed by atoms with Crippen LogP contribution in [-0.4, -0.2) is 246 Å². The molecule has 4 rings (SSSR count). The molecule has 0 radical (unpaired) electrons. The first kappa shape index (κ1) is 75.3.